The van der Waals surface area contributed by atoms with Crippen molar-refractivity contribution in [1.82, 2.24) is 9.78 Å². The van der Waals surface area contributed by atoms with Gasteiger partial charge in [0.25, 0.3) is 0 Å². The Morgan fingerprint density at radius 3 is 2.70 bits per heavy atom. The number of benzene rings is 1. The molecule has 0 spiro atoms. The number of nitrogens with zero attached hydrogens (tertiary/aromatic N) is 3. The average molecular weight is 278 g/mol. The van der Waals surface area contributed by atoms with E-state index >= 15 is 0 Å². The first-order chi connectivity index (χ1) is 9.45. The van der Waals surface area contributed by atoms with Crippen molar-refractivity contribution in [1.29, 1.82) is 0 Å². The first-order valence-electron chi connectivity index (χ1n) is 6.10. The van der Waals surface area contributed by atoms with Crippen LogP contribution in [-0.2, 0) is 13.1 Å². The number of hydrogen-bond donors (Lipinski definition) is 1. The molecule has 0 unspecified atom stereocenters. The number of rotatable bonds is 4. The maximum absolute atomic E-state index is 14.0. The Kier molecular flexibility index (Phi) is 3.80. The molecule has 0 aliphatic rings. The minimum atomic E-state index is -0.820. The highest BCUT2D eigenvalue weighted by Crippen LogP contribution is 2.22. The van der Waals surface area contributed by atoms with Gasteiger partial charge in [0.05, 0.1) is 17.2 Å². The van der Waals surface area contributed by atoms with Gasteiger partial charge in [-0.15, -0.1) is 0 Å². The van der Waals surface area contributed by atoms with Crippen LogP contribution in [0.2, 0.25) is 0 Å². The van der Waals surface area contributed by atoms with Crippen LogP contribution < -0.4 is 5.73 Å². The Morgan fingerprint density at radius 1 is 1.45 bits per heavy atom. The van der Waals surface area contributed by atoms with Crippen molar-refractivity contribution >= 4 is 5.69 Å². The van der Waals surface area contributed by atoms with Gasteiger partial charge in [-0.3, -0.25) is 14.8 Å². The summed E-state index contributed by atoms with van der Waals surface area (Å²) in [5, 5.41) is 15.0. The molecule has 2 N–H and O–H groups in total. The molecule has 0 saturated carbocycles. The number of nitro benzene ring substituents is 1. The SMILES string of the molecule is Cc1nn(Cc2cccc([N+](=O)[O-])c2F)c(C)c1CN. The van der Waals surface area contributed by atoms with Crippen LogP contribution in [0.1, 0.15) is 22.5 Å². The van der Waals surface area contributed by atoms with Gasteiger partial charge in [0.2, 0.25) is 5.82 Å². The van der Waals surface area contributed by atoms with E-state index in [-0.39, 0.29) is 12.1 Å². The molecular formula is C13H15FN4O2. The molecule has 1 aromatic heterocycles. The molecule has 7 heteroatoms. The summed E-state index contributed by atoms with van der Waals surface area (Å²) in [6, 6.07) is 4.12. The van der Waals surface area contributed by atoms with Gasteiger partial charge >= 0.3 is 5.69 Å². The maximum atomic E-state index is 14.0. The van der Waals surface area contributed by atoms with Crippen molar-refractivity contribution < 1.29 is 9.31 Å². The molecule has 0 bridgehead atoms. The quantitative estimate of drug-likeness (QED) is 0.685. The lowest BCUT2D eigenvalue weighted by atomic mass is 10.1. The number of halogens is 1. The highest BCUT2D eigenvalue weighted by atomic mass is 19.1. The fourth-order valence-electron chi connectivity index (χ4n) is 2.17. The first kappa shape index (κ1) is 14.1. The molecule has 0 amide bonds. The van der Waals surface area contributed by atoms with Gasteiger partial charge in [-0.05, 0) is 13.8 Å². The Hall–Kier alpha value is -2.28. The summed E-state index contributed by atoms with van der Waals surface area (Å²) in [4.78, 5) is 9.99. The summed E-state index contributed by atoms with van der Waals surface area (Å²) in [6.45, 7) is 4.17. The second-order valence-electron chi connectivity index (χ2n) is 4.52. The van der Waals surface area contributed by atoms with E-state index in [2.05, 4.69) is 5.10 Å². The van der Waals surface area contributed by atoms with Crippen molar-refractivity contribution in [2.45, 2.75) is 26.9 Å². The van der Waals surface area contributed by atoms with Crippen LogP contribution >= 0.6 is 0 Å². The molecule has 20 heavy (non-hydrogen) atoms. The van der Waals surface area contributed by atoms with E-state index in [0.29, 0.717) is 6.54 Å². The Balaban J connectivity index is 2.41. The fraction of sp³-hybridized carbons (Fsp3) is 0.308. The second kappa shape index (κ2) is 5.38. The van der Waals surface area contributed by atoms with Gasteiger partial charge in [0.15, 0.2) is 0 Å². The van der Waals surface area contributed by atoms with E-state index < -0.39 is 16.4 Å². The first-order valence-corrected chi connectivity index (χ1v) is 6.10. The van der Waals surface area contributed by atoms with Gasteiger partial charge in [0.1, 0.15) is 0 Å². The van der Waals surface area contributed by atoms with Gasteiger partial charge < -0.3 is 5.73 Å². The van der Waals surface area contributed by atoms with Crippen LogP contribution in [0.5, 0.6) is 0 Å². The summed E-state index contributed by atoms with van der Waals surface area (Å²) < 4.78 is 15.6. The van der Waals surface area contributed by atoms with Gasteiger partial charge in [0, 0.05) is 29.4 Å². The lowest BCUT2D eigenvalue weighted by Gasteiger charge is -2.06. The number of aromatic nitrogens is 2. The number of hydrogen-bond acceptors (Lipinski definition) is 4. The molecule has 0 saturated heterocycles. The molecule has 0 fully saturated rings. The van der Waals surface area contributed by atoms with Crippen molar-refractivity contribution in [2.75, 3.05) is 0 Å². The number of aryl methyl sites for hydroxylation is 1. The Bertz CT molecular complexity index is 667. The minimum Gasteiger partial charge on any atom is -0.326 e. The summed E-state index contributed by atoms with van der Waals surface area (Å²) in [5.41, 5.74) is 7.88. The molecule has 106 valence electrons. The van der Waals surface area contributed by atoms with Crippen LogP contribution in [-0.4, -0.2) is 14.7 Å². The largest absolute Gasteiger partial charge is 0.326 e. The third kappa shape index (κ3) is 2.39. The monoisotopic (exact) mass is 278 g/mol. The Morgan fingerprint density at radius 2 is 2.15 bits per heavy atom. The van der Waals surface area contributed by atoms with E-state index in [1.54, 1.807) is 4.68 Å². The zero-order valence-electron chi connectivity index (χ0n) is 11.3. The van der Waals surface area contributed by atoms with E-state index in [9.17, 15) is 14.5 Å². The number of nitro groups is 1. The minimum absolute atomic E-state index is 0.139. The molecule has 6 nitrogen and oxygen atoms in total. The molecule has 2 rings (SSSR count). The lowest BCUT2D eigenvalue weighted by molar-refractivity contribution is -0.387. The highest BCUT2D eigenvalue weighted by molar-refractivity contribution is 5.37. The number of nitrogens with two attached hydrogens (primary N) is 1. The molecule has 0 aliphatic heterocycles. The molecule has 1 heterocycles. The normalized spacial score (nSPS) is 10.8. The summed E-state index contributed by atoms with van der Waals surface area (Å²) in [5.74, 6) is -0.820. The highest BCUT2D eigenvalue weighted by Gasteiger charge is 2.18. The standard InChI is InChI=1S/C13H15FN4O2/c1-8-11(6-15)9(2)17(16-8)7-10-4-3-5-12(13(10)14)18(19)20/h3-5H,6-7,15H2,1-2H3. The molecule has 0 atom stereocenters. The predicted molar refractivity (Wildman–Crippen MR) is 71.7 cm³/mol. The lowest BCUT2D eigenvalue weighted by Crippen LogP contribution is -2.08. The van der Waals surface area contributed by atoms with E-state index in [4.69, 9.17) is 5.73 Å². The molecular weight excluding hydrogens is 263 g/mol. The predicted octanol–water partition coefficient (Wildman–Crippen LogP) is 2.05. The van der Waals surface area contributed by atoms with Crippen LogP contribution in [0.3, 0.4) is 0 Å². The van der Waals surface area contributed by atoms with E-state index in [1.807, 2.05) is 13.8 Å². The van der Waals surface area contributed by atoms with E-state index in [0.717, 1.165) is 23.0 Å². The maximum Gasteiger partial charge on any atom is 0.305 e. The third-order valence-electron chi connectivity index (χ3n) is 3.31. The van der Waals surface area contributed by atoms with Gasteiger partial charge in [-0.25, -0.2) is 0 Å². The zero-order valence-corrected chi connectivity index (χ0v) is 11.3. The Labute approximate surface area is 115 Å². The molecule has 2 aromatic rings. The van der Waals surface area contributed by atoms with Crippen molar-refractivity contribution in [3.05, 3.63) is 56.6 Å². The smallest absolute Gasteiger partial charge is 0.305 e. The molecule has 0 aliphatic carbocycles. The summed E-state index contributed by atoms with van der Waals surface area (Å²) in [6.07, 6.45) is 0. The van der Waals surface area contributed by atoms with Crippen LogP contribution in [0.15, 0.2) is 18.2 Å². The van der Waals surface area contributed by atoms with Gasteiger partial charge in [-0.2, -0.15) is 9.49 Å². The topological polar surface area (TPSA) is 87.0 Å². The van der Waals surface area contributed by atoms with Crippen molar-refractivity contribution in [3.63, 3.8) is 0 Å². The van der Waals surface area contributed by atoms with Crippen LogP contribution in [0.4, 0.5) is 10.1 Å². The summed E-state index contributed by atoms with van der Waals surface area (Å²) >= 11 is 0. The molecule has 1 aromatic carbocycles. The summed E-state index contributed by atoms with van der Waals surface area (Å²) in [7, 11) is 0. The zero-order chi connectivity index (χ0) is 14.9. The van der Waals surface area contributed by atoms with Crippen LogP contribution in [0, 0.1) is 29.8 Å². The second-order valence-corrected chi connectivity index (χ2v) is 4.52. The van der Waals surface area contributed by atoms with Gasteiger partial charge in [-0.1, -0.05) is 12.1 Å². The molecule has 0 radical (unpaired) electrons. The third-order valence-corrected chi connectivity index (χ3v) is 3.31. The fourth-order valence-corrected chi connectivity index (χ4v) is 2.17. The average Bonchev–Trinajstić information content (AvgIpc) is 2.66. The van der Waals surface area contributed by atoms with Crippen molar-refractivity contribution in [2.24, 2.45) is 5.73 Å². The van der Waals surface area contributed by atoms with Crippen molar-refractivity contribution in [3.8, 4) is 0 Å². The van der Waals surface area contributed by atoms with Crippen LogP contribution in [0.25, 0.3) is 0 Å². The van der Waals surface area contributed by atoms with E-state index in [1.165, 1.54) is 12.1 Å².